The first-order valence-corrected chi connectivity index (χ1v) is 9.53. The number of hydrogen-bond acceptors (Lipinski definition) is 5. The summed E-state index contributed by atoms with van der Waals surface area (Å²) < 4.78 is 10.9. The maximum Gasteiger partial charge on any atom is 0.257 e. The number of carbonyl (C=O) groups is 1. The molecule has 1 amide bonds. The average Bonchev–Trinajstić information content (AvgIpc) is 3.19. The molecule has 0 radical (unpaired) electrons. The smallest absolute Gasteiger partial charge is 0.257 e. The van der Waals surface area contributed by atoms with Crippen LogP contribution in [0.5, 0.6) is 5.75 Å². The van der Waals surface area contributed by atoms with Crippen molar-refractivity contribution in [2.24, 2.45) is 0 Å². The van der Waals surface area contributed by atoms with Gasteiger partial charge in [-0.2, -0.15) is 0 Å². The van der Waals surface area contributed by atoms with Crippen molar-refractivity contribution < 1.29 is 19.1 Å². The van der Waals surface area contributed by atoms with Crippen molar-refractivity contribution in [3.63, 3.8) is 0 Å². The van der Waals surface area contributed by atoms with Crippen LogP contribution < -0.4 is 15.4 Å². The van der Waals surface area contributed by atoms with E-state index < -0.39 is 5.91 Å². The lowest BCUT2D eigenvalue weighted by atomic mass is 10.1. The van der Waals surface area contributed by atoms with Crippen LogP contribution in [0.4, 0.5) is 5.69 Å². The maximum atomic E-state index is 12.4. The van der Waals surface area contributed by atoms with E-state index in [0.29, 0.717) is 33.5 Å². The van der Waals surface area contributed by atoms with Crippen molar-refractivity contribution in [2.75, 3.05) is 12.4 Å². The highest BCUT2D eigenvalue weighted by atomic mass is 35.5. The van der Waals surface area contributed by atoms with Gasteiger partial charge in [0.2, 0.25) is 0 Å². The summed E-state index contributed by atoms with van der Waals surface area (Å²) in [4.78, 5) is 12.4. The number of halogens is 2. The van der Waals surface area contributed by atoms with E-state index in [1.165, 1.54) is 19.2 Å². The van der Waals surface area contributed by atoms with Crippen molar-refractivity contribution >= 4 is 52.1 Å². The van der Waals surface area contributed by atoms with Crippen LogP contribution >= 0.6 is 35.4 Å². The van der Waals surface area contributed by atoms with Gasteiger partial charge in [0.05, 0.1) is 22.8 Å². The third-order valence-electron chi connectivity index (χ3n) is 3.96. The Morgan fingerprint density at radius 2 is 1.93 bits per heavy atom. The fourth-order valence-electron chi connectivity index (χ4n) is 2.54. The number of hydrogen-bond donors (Lipinski definition) is 3. The molecule has 0 fully saturated rings. The molecule has 150 valence electrons. The van der Waals surface area contributed by atoms with E-state index in [2.05, 4.69) is 10.6 Å². The molecule has 0 saturated heterocycles. The van der Waals surface area contributed by atoms with E-state index in [4.69, 9.17) is 49.7 Å². The molecule has 9 heteroatoms. The highest BCUT2D eigenvalue weighted by Gasteiger charge is 2.13. The Morgan fingerprint density at radius 1 is 1.14 bits per heavy atom. The number of aliphatic hydroxyl groups is 1. The molecule has 1 heterocycles. The van der Waals surface area contributed by atoms with Gasteiger partial charge in [0.15, 0.2) is 5.11 Å². The van der Waals surface area contributed by atoms with Crippen LogP contribution in [0, 0.1) is 0 Å². The monoisotopic (exact) mass is 450 g/mol. The second-order valence-corrected chi connectivity index (χ2v) is 7.10. The Morgan fingerprint density at radius 3 is 2.59 bits per heavy atom. The van der Waals surface area contributed by atoms with E-state index >= 15 is 0 Å². The third-order valence-corrected chi connectivity index (χ3v) is 4.90. The minimum atomic E-state index is -0.435. The lowest BCUT2D eigenvalue weighted by Crippen LogP contribution is -2.34. The van der Waals surface area contributed by atoms with Crippen LogP contribution in [0.15, 0.2) is 52.9 Å². The maximum absolute atomic E-state index is 12.4. The van der Waals surface area contributed by atoms with Crippen molar-refractivity contribution in [2.45, 2.75) is 6.61 Å². The lowest BCUT2D eigenvalue weighted by molar-refractivity contribution is 0.0977. The highest BCUT2D eigenvalue weighted by molar-refractivity contribution is 7.80. The molecule has 0 unspecified atom stereocenters. The molecule has 3 aromatic rings. The molecule has 3 N–H and O–H groups in total. The zero-order chi connectivity index (χ0) is 21.0. The number of aliphatic hydroxyl groups excluding tert-OH is 1. The Labute approximate surface area is 182 Å². The molecule has 0 bridgehead atoms. The molecule has 3 rings (SSSR count). The zero-order valence-electron chi connectivity index (χ0n) is 15.2. The predicted molar refractivity (Wildman–Crippen MR) is 117 cm³/mol. The van der Waals surface area contributed by atoms with Crippen LogP contribution in [0.1, 0.15) is 16.1 Å². The summed E-state index contributed by atoms with van der Waals surface area (Å²) >= 11 is 17.1. The van der Waals surface area contributed by atoms with Gasteiger partial charge in [0, 0.05) is 11.1 Å². The SMILES string of the molecule is COc1ccc(-c2ccc(CO)o2)cc1NC(=S)NC(=O)c1ccc(Cl)c(Cl)c1. The zero-order valence-corrected chi connectivity index (χ0v) is 17.5. The minimum absolute atomic E-state index is 0.0759. The highest BCUT2D eigenvalue weighted by Crippen LogP contribution is 2.31. The normalized spacial score (nSPS) is 10.5. The molecule has 0 aliphatic rings. The average molecular weight is 451 g/mol. The number of thiocarbonyl (C=S) groups is 1. The minimum Gasteiger partial charge on any atom is -0.495 e. The van der Waals surface area contributed by atoms with Gasteiger partial charge in [-0.3, -0.25) is 10.1 Å². The number of furan rings is 1. The standard InChI is InChI=1S/C20H16Cl2N2O4S/c1-27-18-6-3-11(17-7-4-13(10-25)28-17)9-16(18)23-20(29)24-19(26)12-2-5-14(21)15(22)8-12/h2-9,25H,10H2,1H3,(H2,23,24,26,29). The fraction of sp³-hybridized carbons (Fsp3) is 0.100. The molecule has 29 heavy (non-hydrogen) atoms. The summed E-state index contributed by atoms with van der Waals surface area (Å²) in [6, 6.07) is 13.3. The molecule has 0 aliphatic heterocycles. The van der Waals surface area contributed by atoms with Gasteiger partial charge in [0.1, 0.15) is 23.9 Å². The molecular weight excluding hydrogens is 435 g/mol. The second kappa shape index (κ2) is 9.28. The summed E-state index contributed by atoms with van der Waals surface area (Å²) in [5.74, 6) is 1.11. The molecule has 0 aliphatic carbocycles. The number of nitrogens with one attached hydrogen (secondary N) is 2. The Hall–Kier alpha value is -2.58. The van der Waals surface area contributed by atoms with Crippen molar-refractivity contribution in [3.8, 4) is 17.1 Å². The van der Waals surface area contributed by atoms with Gasteiger partial charge >= 0.3 is 0 Å². The van der Waals surface area contributed by atoms with E-state index in [-0.39, 0.29) is 16.7 Å². The van der Waals surface area contributed by atoms with Gasteiger partial charge in [-0.15, -0.1) is 0 Å². The summed E-state index contributed by atoms with van der Waals surface area (Å²) in [7, 11) is 1.52. The molecule has 0 saturated carbocycles. The summed E-state index contributed by atoms with van der Waals surface area (Å²) in [5.41, 5.74) is 1.59. The molecular formula is C20H16Cl2N2O4S. The molecule has 1 aromatic heterocycles. The van der Waals surface area contributed by atoms with Gasteiger partial charge in [-0.1, -0.05) is 23.2 Å². The van der Waals surface area contributed by atoms with Gasteiger partial charge < -0.3 is 19.6 Å². The van der Waals surface area contributed by atoms with E-state index in [1.54, 1.807) is 36.4 Å². The van der Waals surface area contributed by atoms with Crippen molar-refractivity contribution in [3.05, 3.63) is 69.9 Å². The molecule has 6 nitrogen and oxygen atoms in total. The number of methoxy groups -OCH3 is 1. The number of ether oxygens (including phenoxy) is 1. The Kier molecular flexibility index (Phi) is 6.76. The van der Waals surface area contributed by atoms with Crippen molar-refractivity contribution in [1.29, 1.82) is 0 Å². The first-order valence-electron chi connectivity index (χ1n) is 8.36. The van der Waals surface area contributed by atoms with E-state index in [9.17, 15) is 4.79 Å². The van der Waals surface area contributed by atoms with Crippen LogP contribution in [-0.2, 0) is 6.61 Å². The summed E-state index contributed by atoms with van der Waals surface area (Å²) in [6.07, 6.45) is 0. The number of carbonyl (C=O) groups excluding carboxylic acids is 1. The van der Waals surface area contributed by atoms with Gasteiger partial charge in [-0.25, -0.2) is 0 Å². The Balaban J connectivity index is 1.77. The summed E-state index contributed by atoms with van der Waals surface area (Å²) in [5, 5.41) is 15.4. The van der Waals surface area contributed by atoms with E-state index in [0.717, 1.165) is 5.56 Å². The van der Waals surface area contributed by atoms with E-state index in [1.807, 2.05) is 0 Å². The third kappa shape index (κ3) is 5.07. The number of anilines is 1. The van der Waals surface area contributed by atoms with Crippen LogP contribution in [0.3, 0.4) is 0 Å². The first-order chi connectivity index (χ1) is 13.9. The second-order valence-electron chi connectivity index (χ2n) is 5.88. The van der Waals surface area contributed by atoms with Gasteiger partial charge in [-0.05, 0) is 60.7 Å². The van der Waals surface area contributed by atoms with Crippen LogP contribution in [0.2, 0.25) is 10.0 Å². The van der Waals surface area contributed by atoms with Gasteiger partial charge in [0.25, 0.3) is 5.91 Å². The number of amides is 1. The number of rotatable bonds is 5. The quantitative estimate of drug-likeness (QED) is 0.480. The fourth-order valence-corrected chi connectivity index (χ4v) is 3.04. The topological polar surface area (TPSA) is 83.7 Å². The largest absolute Gasteiger partial charge is 0.495 e. The van der Waals surface area contributed by atoms with Crippen molar-refractivity contribution in [1.82, 2.24) is 5.32 Å². The van der Waals surface area contributed by atoms with Crippen LogP contribution in [0.25, 0.3) is 11.3 Å². The first kappa shape index (κ1) is 21.1. The van der Waals surface area contributed by atoms with Crippen LogP contribution in [-0.4, -0.2) is 23.2 Å². The molecule has 0 spiro atoms. The predicted octanol–water partition coefficient (Wildman–Crippen LogP) is 4.88. The summed E-state index contributed by atoms with van der Waals surface area (Å²) in [6.45, 7) is -0.188. The number of benzene rings is 2. The molecule has 2 aromatic carbocycles. The lowest BCUT2D eigenvalue weighted by Gasteiger charge is -2.14. The Bertz CT molecular complexity index is 1070. The molecule has 0 atom stereocenters.